The summed E-state index contributed by atoms with van der Waals surface area (Å²) in [5, 5.41) is 3.53. The zero-order chi connectivity index (χ0) is 12.4. The van der Waals surface area contributed by atoms with E-state index in [0.717, 1.165) is 17.9 Å². The lowest BCUT2D eigenvalue weighted by molar-refractivity contribution is 0.686. The molecule has 0 amide bonds. The van der Waals surface area contributed by atoms with E-state index >= 15 is 0 Å². The number of anilines is 1. The Labute approximate surface area is 108 Å². The van der Waals surface area contributed by atoms with E-state index in [1.807, 2.05) is 0 Å². The minimum atomic E-state index is 0.797. The molecular formula is C15H19N3. The Bertz CT molecular complexity index is 542. The average molecular weight is 241 g/mol. The van der Waals surface area contributed by atoms with Gasteiger partial charge in [-0.15, -0.1) is 0 Å². The molecule has 0 bridgehead atoms. The lowest BCUT2D eigenvalue weighted by Gasteiger charge is -2.20. The van der Waals surface area contributed by atoms with Crippen molar-refractivity contribution in [3.05, 3.63) is 47.0 Å². The normalized spacial score (nSPS) is 14.3. The molecule has 18 heavy (non-hydrogen) atoms. The molecule has 0 aliphatic heterocycles. The monoisotopic (exact) mass is 241 g/mol. The molecule has 0 saturated heterocycles. The summed E-state index contributed by atoms with van der Waals surface area (Å²) in [5.74, 6) is 0. The van der Waals surface area contributed by atoms with Gasteiger partial charge in [-0.25, -0.2) is 4.98 Å². The Kier molecular flexibility index (Phi) is 3.05. The Morgan fingerprint density at radius 3 is 3.00 bits per heavy atom. The highest BCUT2D eigenvalue weighted by atomic mass is 14.9. The van der Waals surface area contributed by atoms with E-state index in [9.17, 15) is 0 Å². The fourth-order valence-electron chi connectivity index (χ4n) is 2.69. The van der Waals surface area contributed by atoms with Gasteiger partial charge in [0.25, 0.3) is 0 Å². The molecule has 1 aromatic heterocycles. The van der Waals surface area contributed by atoms with E-state index in [2.05, 4.69) is 40.4 Å². The molecule has 1 aliphatic rings. The van der Waals surface area contributed by atoms with Gasteiger partial charge < -0.3 is 10.3 Å². The van der Waals surface area contributed by atoms with Crippen LogP contribution in [0.2, 0.25) is 0 Å². The molecule has 3 nitrogen and oxygen atoms in total. The van der Waals surface area contributed by atoms with Crippen LogP contribution in [-0.2, 0) is 19.4 Å². The third kappa shape index (κ3) is 2.13. The highest BCUT2D eigenvalue weighted by molar-refractivity contribution is 5.55. The second kappa shape index (κ2) is 4.84. The van der Waals surface area contributed by atoms with E-state index < -0.39 is 0 Å². The maximum atomic E-state index is 4.32. The van der Waals surface area contributed by atoms with Crippen LogP contribution in [0.5, 0.6) is 0 Å². The van der Waals surface area contributed by atoms with Crippen LogP contribution < -0.4 is 5.32 Å². The van der Waals surface area contributed by atoms with Crippen LogP contribution in [0, 0.1) is 6.92 Å². The summed E-state index contributed by atoms with van der Waals surface area (Å²) in [6, 6.07) is 6.61. The van der Waals surface area contributed by atoms with Crippen LogP contribution in [-0.4, -0.2) is 9.97 Å². The number of nitrogens with one attached hydrogen (secondary N) is 2. The molecule has 1 aliphatic carbocycles. The van der Waals surface area contributed by atoms with Crippen LogP contribution >= 0.6 is 0 Å². The van der Waals surface area contributed by atoms with Crippen molar-refractivity contribution in [3.63, 3.8) is 0 Å². The molecular weight excluding hydrogens is 222 g/mol. The fourth-order valence-corrected chi connectivity index (χ4v) is 2.69. The number of hydrogen-bond donors (Lipinski definition) is 2. The number of H-pyrrole nitrogens is 1. The fraction of sp³-hybridized carbons (Fsp3) is 0.400. The Morgan fingerprint density at radius 2 is 2.17 bits per heavy atom. The maximum Gasteiger partial charge on any atom is 0.0925 e. The first-order chi connectivity index (χ1) is 8.84. The minimum Gasteiger partial charge on any atom is -0.379 e. The second-order valence-corrected chi connectivity index (χ2v) is 4.98. The molecule has 1 aromatic carbocycles. The lowest BCUT2D eigenvalue weighted by Crippen LogP contribution is -2.09. The molecule has 2 aromatic rings. The van der Waals surface area contributed by atoms with Crippen molar-refractivity contribution in [2.45, 2.75) is 39.2 Å². The summed E-state index contributed by atoms with van der Waals surface area (Å²) < 4.78 is 0. The number of aryl methyl sites for hydroxylation is 2. The molecule has 2 N–H and O–H groups in total. The summed E-state index contributed by atoms with van der Waals surface area (Å²) in [6.45, 7) is 2.86. The van der Waals surface area contributed by atoms with Gasteiger partial charge in [0, 0.05) is 11.4 Å². The van der Waals surface area contributed by atoms with Crippen LogP contribution in [0.4, 0.5) is 5.69 Å². The van der Waals surface area contributed by atoms with E-state index in [1.54, 1.807) is 6.33 Å². The first-order valence-electron chi connectivity index (χ1n) is 6.68. The molecule has 0 radical (unpaired) electrons. The van der Waals surface area contributed by atoms with Crippen LogP contribution in [0.1, 0.15) is 35.4 Å². The number of imidazole rings is 1. The summed E-state index contributed by atoms with van der Waals surface area (Å²) in [7, 11) is 0. The lowest BCUT2D eigenvalue weighted by atomic mass is 9.90. The van der Waals surface area contributed by atoms with Crippen molar-refractivity contribution in [1.29, 1.82) is 0 Å². The Hall–Kier alpha value is -1.77. The summed E-state index contributed by atoms with van der Waals surface area (Å²) in [6.07, 6.45) is 6.83. The number of hydrogen-bond acceptors (Lipinski definition) is 2. The number of rotatable bonds is 3. The van der Waals surface area contributed by atoms with Gasteiger partial charge in [0.05, 0.1) is 18.6 Å². The first-order valence-corrected chi connectivity index (χ1v) is 6.68. The number of nitrogens with zero attached hydrogens (tertiary/aromatic N) is 1. The van der Waals surface area contributed by atoms with Crippen LogP contribution in [0.25, 0.3) is 0 Å². The number of aromatic amines is 1. The predicted molar refractivity (Wildman–Crippen MR) is 73.7 cm³/mol. The van der Waals surface area contributed by atoms with Gasteiger partial charge in [-0.3, -0.25) is 0 Å². The Morgan fingerprint density at radius 1 is 1.28 bits per heavy atom. The van der Waals surface area contributed by atoms with Gasteiger partial charge in [0.2, 0.25) is 0 Å². The van der Waals surface area contributed by atoms with E-state index in [-0.39, 0.29) is 0 Å². The molecule has 1 heterocycles. The van der Waals surface area contributed by atoms with Crippen molar-refractivity contribution in [1.82, 2.24) is 9.97 Å². The molecule has 0 saturated carbocycles. The zero-order valence-electron chi connectivity index (χ0n) is 10.8. The largest absolute Gasteiger partial charge is 0.379 e. The van der Waals surface area contributed by atoms with Crippen molar-refractivity contribution in [2.24, 2.45) is 0 Å². The smallest absolute Gasteiger partial charge is 0.0925 e. The van der Waals surface area contributed by atoms with E-state index in [0.29, 0.717) is 0 Å². The molecule has 3 rings (SSSR count). The average Bonchev–Trinajstić information content (AvgIpc) is 2.82. The van der Waals surface area contributed by atoms with Gasteiger partial charge in [-0.2, -0.15) is 0 Å². The van der Waals surface area contributed by atoms with Gasteiger partial charge in [0.1, 0.15) is 0 Å². The second-order valence-electron chi connectivity index (χ2n) is 4.98. The third-order valence-electron chi connectivity index (χ3n) is 3.78. The maximum absolute atomic E-state index is 4.32. The summed E-state index contributed by atoms with van der Waals surface area (Å²) >= 11 is 0. The molecule has 0 unspecified atom stereocenters. The number of fused-ring (bicyclic) bond motifs is 1. The Balaban J connectivity index is 1.79. The highest BCUT2D eigenvalue weighted by Gasteiger charge is 2.12. The molecule has 3 heteroatoms. The van der Waals surface area contributed by atoms with Crippen LogP contribution in [0.3, 0.4) is 0 Å². The standard InChI is InChI=1S/C15H19N3/c1-11-15(18-10-17-11)9-16-14-8-4-6-12-5-2-3-7-13(12)14/h4,6,8,10,16H,2-3,5,7,9H2,1H3,(H,17,18). The van der Waals surface area contributed by atoms with Gasteiger partial charge in [-0.1, -0.05) is 12.1 Å². The number of benzene rings is 1. The van der Waals surface area contributed by atoms with E-state index in [1.165, 1.54) is 42.5 Å². The van der Waals surface area contributed by atoms with Crippen LogP contribution in [0.15, 0.2) is 24.5 Å². The van der Waals surface area contributed by atoms with Gasteiger partial charge in [-0.05, 0) is 49.8 Å². The number of aromatic nitrogens is 2. The van der Waals surface area contributed by atoms with Gasteiger partial charge in [0.15, 0.2) is 0 Å². The summed E-state index contributed by atoms with van der Waals surface area (Å²) in [4.78, 5) is 7.44. The molecule has 0 spiro atoms. The zero-order valence-corrected chi connectivity index (χ0v) is 10.8. The topological polar surface area (TPSA) is 40.7 Å². The van der Waals surface area contributed by atoms with E-state index in [4.69, 9.17) is 0 Å². The molecule has 0 fully saturated rings. The SMILES string of the molecule is Cc1[nH]cnc1CNc1cccc2c1CCCC2. The van der Waals surface area contributed by atoms with Crippen molar-refractivity contribution in [3.8, 4) is 0 Å². The quantitative estimate of drug-likeness (QED) is 0.866. The third-order valence-corrected chi connectivity index (χ3v) is 3.78. The molecule has 94 valence electrons. The van der Waals surface area contributed by atoms with Crippen molar-refractivity contribution < 1.29 is 0 Å². The van der Waals surface area contributed by atoms with Crippen molar-refractivity contribution >= 4 is 5.69 Å². The predicted octanol–water partition coefficient (Wildman–Crippen LogP) is 3.21. The minimum absolute atomic E-state index is 0.797. The highest BCUT2D eigenvalue weighted by Crippen LogP contribution is 2.28. The van der Waals surface area contributed by atoms with Crippen molar-refractivity contribution in [2.75, 3.05) is 5.32 Å². The first kappa shape index (κ1) is 11.3. The molecule has 0 atom stereocenters. The van der Waals surface area contributed by atoms with Gasteiger partial charge >= 0.3 is 0 Å². The summed E-state index contributed by atoms with van der Waals surface area (Å²) in [5.41, 5.74) is 6.56.